The van der Waals surface area contributed by atoms with Crippen LogP contribution in [0.2, 0.25) is 0 Å². The van der Waals surface area contributed by atoms with E-state index >= 15 is 0 Å². The van der Waals surface area contributed by atoms with Crippen LogP contribution >= 0.6 is 0 Å². The van der Waals surface area contributed by atoms with E-state index in [0.29, 0.717) is 12.5 Å². The van der Waals surface area contributed by atoms with E-state index in [-0.39, 0.29) is 0 Å². The van der Waals surface area contributed by atoms with Crippen molar-refractivity contribution in [3.8, 4) is 11.5 Å². The Morgan fingerprint density at radius 3 is 2.62 bits per heavy atom. The topological polar surface area (TPSA) is 43.6 Å². The van der Waals surface area contributed by atoms with Crippen LogP contribution < -0.4 is 14.8 Å². The molecule has 1 aromatic carbocycles. The van der Waals surface area contributed by atoms with Gasteiger partial charge in [0.2, 0.25) is 0 Å². The first-order valence-corrected chi connectivity index (χ1v) is 7.22. The van der Waals surface area contributed by atoms with E-state index in [2.05, 4.69) is 19.2 Å². The van der Waals surface area contributed by atoms with Crippen molar-refractivity contribution in [1.82, 2.24) is 5.32 Å². The van der Waals surface area contributed by atoms with Gasteiger partial charge in [-0.2, -0.15) is 0 Å². The number of furan rings is 1. The van der Waals surface area contributed by atoms with Gasteiger partial charge in [-0.15, -0.1) is 0 Å². The Kier molecular flexibility index (Phi) is 5.69. The minimum Gasteiger partial charge on any atom is -0.493 e. The van der Waals surface area contributed by atoms with E-state index in [4.69, 9.17) is 13.9 Å². The summed E-state index contributed by atoms with van der Waals surface area (Å²) in [5.41, 5.74) is 1.13. The molecule has 0 aliphatic heterocycles. The quantitative estimate of drug-likeness (QED) is 0.806. The van der Waals surface area contributed by atoms with Gasteiger partial charge in [0.05, 0.1) is 13.4 Å². The Hall–Kier alpha value is -1.94. The van der Waals surface area contributed by atoms with Crippen LogP contribution in [0.1, 0.15) is 25.2 Å². The van der Waals surface area contributed by atoms with Gasteiger partial charge in [0, 0.05) is 12.1 Å². The molecule has 0 aliphatic rings. The van der Waals surface area contributed by atoms with Crippen LogP contribution in [0.15, 0.2) is 41.0 Å². The predicted octanol–water partition coefficient (Wildman–Crippen LogP) is 3.61. The van der Waals surface area contributed by atoms with Crippen LogP contribution in [-0.4, -0.2) is 13.7 Å². The first-order valence-electron chi connectivity index (χ1n) is 7.22. The summed E-state index contributed by atoms with van der Waals surface area (Å²) in [5, 5.41) is 3.41. The molecule has 1 heterocycles. The molecule has 21 heavy (non-hydrogen) atoms. The van der Waals surface area contributed by atoms with Crippen LogP contribution in [0.3, 0.4) is 0 Å². The molecule has 2 rings (SSSR count). The lowest BCUT2D eigenvalue weighted by molar-refractivity contribution is 0.254. The Balaban J connectivity index is 1.93. The molecule has 0 amide bonds. The fourth-order valence-electron chi connectivity index (χ4n) is 2.03. The van der Waals surface area contributed by atoms with Gasteiger partial charge in [-0.1, -0.05) is 26.0 Å². The second kappa shape index (κ2) is 7.74. The van der Waals surface area contributed by atoms with Gasteiger partial charge in [0.15, 0.2) is 11.5 Å². The van der Waals surface area contributed by atoms with Crippen molar-refractivity contribution in [2.24, 2.45) is 5.92 Å². The number of rotatable bonds is 8. The SMILES string of the molecule is COc1ccccc1OCc1occc1CNCC(C)C. The van der Waals surface area contributed by atoms with Crippen molar-refractivity contribution < 1.29 is 13.9 Å². The molecular formula is C17H23NO3. The van der Waals surface area contributed by atoms with Gasteiger partial charge in [-0.3, -0.25) is 0 Å². The predicted molar refractivity (Wildman–Crippen MR) is 82.6 cm³/mol. The molecule has 114 valence electrons. The lowest BCUT2D eigenvalue weighted by atomic mass is 10.2. The molecule has 1 N–H and O–H groups in total. The van der Waals surface area contributed by atoms with Crippen molar-refractivity contribution in [2.45, 2.75) is 27.0 Å². The molecular weight excluding hydrogens is 266 g/mol. The van der Waals surface area contributed by atoms with Gasteiger partial charge in [-0.25, -0.2) is 0 Å². The van der Waals surface area contributed by atoms with Gasteiger partial charge in [0.1, 0.15) is 12.4 Å². The number of nitrogens with one attached hydrogen (secondary N) is 1. The summed E-state index contributed by atoms with van der Waals surface area (Å²) >= 11 is 0. The van der Waals surface area contributed by atoms with Crippen LogP contribution in [0, 0.1) is 5.92 Å². The molecule has 0 bridgehead atoms. The highest BCUT2D eigenvalue weighted by molar-refractivity contribution is 5.39. The Labute approximate surface area is 126 Å². The zero-order valence-corrected chi connectivity index (χ0v) is 12.9. The van der Waals surface area contributed by atoms with Crippen LogP contribution in [-0.2, 0) is 13.2 Å². The Bertz CT molecular complexity index is 548. The summed E-state index contributed by atoms with van der Waals surface area (Å²) in [6.07, 6.45) is 1.70. The van der Waals surface area contributed by atoms with E-state index in [1.165, 1.54) is 0 Å². The van der Waals surface area contributed by atoms with E-state index < -0.39 is 0 Å². The second-order valence-corrected chi connectivity index (χ2v) is 5.33. The monoisotopic (exact) mass is 289 g/mol. The largest absolute Gasteiger partial charge is 0.493 e. The van der Waals surface area contributed by atoms with E-state index in [1.807, 2.05) is 30.3 Å². The Morgan fingerprint density at radius 2 is 1.90 bits per heavy atom. The molecule has 0 spiro atoms. The second-order valence-electron chi connectivity index (χ2n) is 5.33. The molecule has 2 aromatic rings. The standard InChI is InChI=1S/C17H23NO3/c1-13(2)10-18-11-14-8-9-20-17(14)12-21-16-7-5-4-6-15(16)19-3/h4-9,13,18H,10-12H2,1-3H3. The molecule has 0 unspecified atom stereocenters. The number of methoxy groups -OCH3 is 1. The van der Waals surface area contributed by atoms with Crippen molar-refractivity contribution in [3.63, 3.8) is 0 Å². The molecule has 0 saturated carbocycles. The average molecular weight is 289 g/mol. The number of hydrogen-bond acceptors (Lipinski definition) is 4. The van der Waals surface area contributed by atoms with Crippen LogP contribution in [0.25, 0.3) is 0 Å². The van der Waals surface area contributed by atoms with Crippen LogP contribution in [0.4, 0.5) is 0 Å². The molecule has 0 radical (unpaired) electrons. The van der Waals surface area contributed by atoms with Crippen molar-refractivity contribution in [2.75, 3.05) is 13.7 Å². The normalized spacial score (nSPS) is 10.9. The summed E-state index contributed by atoms with van der Waals surface area (Å²) in [7, 11) is 1.64. The highest BCUT2D eigenvalue weighted by Gasteiger charge is 2.09. The molecule has 0 aliphatic carbocycles. The number of hydrogen-bond donors (Lipinski definition) is 1. The third-order valence-corrected chi connectivity index (χ3v) is 3.13. The van der Waals surface area contributed by atoms with Gasteiger partial charge < -0.3 is 19.2 Å². The van der Waals surface area contributed by atoms with Crippen molar-refractivity contribution in [1.29, 1.82) is 0 Å². The third-order valence-electron chi connectivity index (χ3n) is 3.13. The van der Waals surface area contributed by atoms with Gasteiger partial charge >= 0.3 is 0 Å². The van der Waals surface area contributed by atoms with Crippen LogP contribution in [0.5, 0.6) is 11.5 Å². The molecule has 0 atom stereocenters. The van der Waals surface area contributed by atoms with Crippen molar-refractivity contribution >= 4 is 0 Å². The molecule has 0 fully saturated rings. The summed E-state index contributed by atoms with van der Waals surface area (Å²) in [6.45, 7) is 6.55. The third kappa shape index (κ3) is 4.53. The summed E-state index contributed by atoms with van der Waals surface area (Å²) in [6, 6.07) is 9.58. The first kappa shape index (κ1) is 15.4. The molecule has 4 heteroatoms. The highest BCUT2D eigenvalue weighted by Crippen LogP contribution is 2.27. The summed E-state index contributed by atoms with van der Waals surface area (Å²) in [4.78, 5) is 0. The maximum atomic E-state index is 5.79. The minimum absolute atomic E-state index is 0.395. The van der Waals surface area contributed by atoms with Gasteiger partial charge in [-0.05, 0) is 30.7 Å². The Morgan fingerprint density at radius 1 is 1.14 bits per heavy atom. The first-order chi connectivity index (χ1) is 10.2. The average Bonchev–Trinajstić information content (AvgIpc) is 2.92. The number of para-hydroxylation sites is 2. The fourth-order valence-corrected chi connectivity index (χ4v) is 2.03. The zero-order chi connectivity index (χ0) is 15.1. The van der Waals surface area contributed by atoms with Gasteiger partial charge in [0.25, 0.3) is 0 Å². The summed E-state index contributed by atoms with van der Waals surface area (Å²) < 4.78 is 16.6. The molecule has 1 aromatic heterocycles. The lowest BCUT2D eigenvalue weighted by Gasteiger charge is -2.11. The highest BCUT2D eigenvalue weighted by atomic mass is 16.5. The number of benzene rings is 1. The molecule has 4 nitrogen and oxygen atoms in total. The smallest absolute Gasteiger partial charge is 0.161 e. The van der Waals surface area contributed by atoms with E-state index in [9.17, 15) is 0 Å². The minimum atomic E-state index is 0.395. The van der Waals surface area contributed by atoms with E-state index in [0.717, 1.165) is 35.9 Å². The fraction of sp³-hybridized carbons (Fsp3) is 0.412. The zero-order valence-electron chi connectivity index (χ0n) is 12.9. The maximum Gasteiger partial charge on any atom is 0.161 e. The van der Waals surface area contributed by atoms with Crippen molar-refractivity contribution in [3.05, 3.63) is 47.9 Å². The lowest BCUT2D eigenvalue weighted by Crippen LogP contribution is -2.19. The molecule has 0 saturated heterocycles. The number of ether oxygens (including phenoxy) is 2. The maximum absolute atomic E-state index is 5.79. The van der Waals surface area contributed by atoms with E-state index in [1.54, 1.807) is 13.4 Å². The summed E-state index contributed by atoms with van der Waals surface area (Å²) in [5.74, 6) is 2.92.